The van der Waals surface area contributed by atoms with Gasteiger partial charge in [0.2, 0.25) is 0 Å². The zero-order valence-electron chi connectivity index (χ0n) is 10.8. The Kier molecular flexibility index (Phi) is 5.93. The van der Waals surface area contributed by atoms with E-state index in [4.69, 9.17) is 0 Å². The van der Waals surface area contributed by atoms with Crippen LogP contribution in [0.5, 0.6) is 0 Å². The summed E-state index contributed by atoms with van der Waals surface area (Å²) in [6.07, 6.45) is 1.23. The first-order chi connectivity index (χ1) is 7.59. The lowest BCUT2D eigenvalue weighted by Gasteiger charge is -2.08. The van der Waals surface area contributed by atoms with E-state index in [1.165, 1.54) is 28.2 Å². The Balaban J connectivity index is 2.24. The average Bonchev–Trinajstić information content (AvgIpc) is 2.22. The number of aryl methyl sites for hydroxylation is 2. The summed E-state index contributed by atoms with van der Waals surface area (Å²) in [4.78, 5) is 1.40. The summed E-state index contributed by atoms with van der Waals surface area (Å²) in [6.45, 7) is 9.85. The second-order valence-electron chi connectivity index (χ2n) is 4.56. The van der Waals surface area contributed by atoms with Gasteiger partial charge < -0.3 is 5.32 Å². The molecule has 0 aliphatic carbocycles. The first-order valence-electron chi connectivity index (χ1n) is 6.03. The van der Waals surface area contributed by atoms with E-state index in [-0.39, 0.29) is 0 Å². The van der Waals surface area contributed by atoms with Crippen LogP contribution in [-0.2, 0) is 0 Å². The third-order valence-corrected chi connectivity index (χ3v) is 3.70. The van der Waals surface area contributed by atoms with E-state index in [9.17, 15) is 0 Å². The van der Waals surface area contributed by atoms with E-state index < -0.39 is 0 Å². The number of thioether (sulfide) groups is 1. The summed E-state index contributed by atoms with van der Waals surface area (Å²) in [5, 5.41) is 3.44. The SMILES string of the molecule is Cc1ccc(SCCCNC(C)C)cc1C. The molecule has 16 heavy (non-hydrogen) atoms. The zero-order chi connectivity index (χ0) is 12.0. The lowest BCUT2D eigenvalue weighted by molar-refractivity contribution is 0.586. The third-order valence-electron chi connectivity index (χ3n) is 2.62. The van der Waals surface area contributed by atoms with Crippen LogP contribution in [0.4, 0.5) is 0 Å². The van der Waals surface area contributed by atoms with Crippen molar-refractivity contribution in [2.24, 2.45) is 0 Å². The Bertz CT molecular complexity index is 321. The van der Waals surface area contributed by atoms with Gasteiger partial charge >= 0.3 is 0 Å². The first kappa shape index (κ1) is 13.6. The summed E-state index contributed by atoms with van der Waals surface area (Å²) < 4.78 is 0. The van der Waals surface area contributed by atoms with Crippen LogP contribution in [0.25, 0.3) is 0 Å². The van der Waals surface area contributed by atoms with Crippen LogP contribution in [0.2, 0.25) is 0 Å². The van der Waals surface area contributed by atoms with Gasteiger partial charge in [0, 0.05) is 10.9 Å². The molecule has 0 radical (unpaired) electrons. The van der Waals surface area contributed by atoms with Gasteiger partial charge in [-0.15, -0.1) is 11.8 Å². The van der Waals surface area contributed by atoms with Crippen molar-refractivity contribution in [2.45, 2.75) is 45.1 Å². The summed E-state index contributed by atoms with van der Waals surface area (Å²) in [6, 6.07) is 7.33. The number of hydrogen-bond donors (Lipinski definition) is 1. The fourth-order valence-corrected chi connectivity index (χ4v) is 2.41. The second kappa shape index (κ2) is 6.97. The largest absolute Gasteiger partial charge is 0.315 e. The molecule has 90 valence electrons. The first-order valence-corrected chi connectivity index (χ1v) is 7.01. The number of hydrogen-bond acceptors (Lipinski definition) is 2. The van der Waals surface area contributed by atoms with Gasteiger partial charge in [0.05, 0.1) is 0 Å². The van der Waals surface area contributed by atoms with Gasteiger partial charge in [0.25, 0.3) is 0 Å². The number of nitrogens with one attached hydrogen (secondary N) is 1. The molecule has 0 saturated carbocycles. The predicted molar refractivity (Wildman–Crippen MR) is 74.4 cm³/mol. The standard InChI is InChI=1S/C14H23NS/c1-11(2)15-8-5-9-16-14-7-6-12(3)13(4)10-14/h6-7,10-11,15H,5,8-9H2,1-4H3. The Hall–Kier alpha value is -0.470. The van der Waals surface area contributed by atoms with Crippen molar-refractivity contribution in [2.75, 3.05) is 12.3 Å². The van der Waals surface area contributed by atoms with Gasteiger partial charge in [0.15, 0.2) is 0 Å². The van der Waals surface area contributed by atoms with Crippen molar-refractivity contribution in [3.8, 4) is 0 Å². The van der Waals surface area contributed by atoms with Gasteiger partial charge in [-0.25, -0.2) is 0 Å². The van der Waals surface area contributed by atoms with Crippen LogP contribution in [0, 0.1) is 13.8 Å². The summed E-state index contributed by atoms with van der Waals surface area (Å²) in [5.74, 6) is 1.20. The van der Waals surface area contributed by atoms with Gasteiger partial charge in [-0.2, -0.15) is 0 Å². The van der Waals surface area contributed by atoms with Crippen LogP contribution < -0.4 is 5.32 Å². The maximum absolute atomic E-state index is 3.44. The molecule has 1 aromatic carbocycles. The fraction of sp³-hybridized carbons (Fsp3) is 0.571. The molecule has 0 saturated heterocycles. The minimum Gasteiger partial charge on any atom is -0.315 e. The van der Waals surface area contributed by atoms with Crippen LogP contribution in [0.3, 0.4) is 0 Å². The highest BCUT2D eigenvalue weighted by atomic mass is 32.2. The van der Waals surface area contributed by atoms with Crippen molar-refractivity contribution < 1.29 is 0 Å². The summed E-state index contributed by atoms with van der Waals surface area (Å²) >= 11 is 1.95. The number of benzene rings is 1. The van der Waals surface area contributed by atoms with Crippen molar-refractivity contribution in [1.29, 1.82) is 0 Å². The Morgan fingerprint density at radius 1 is 1.19 bits per heavy atom. The molecule has 1 rings (SSSR count). The van der Waals surface area contributed by atoms with E-state index in [0.29, 0.717) is 6.04 Å². The van der Waals surface area contributed by atoms with E-state index in [1.807, 2.05) is 11.8 Å². The van der Waals surface area contributed by atoms with Crippen molar-refractivity contribution in [3.63, 3.8) is 0 Å². The van der Waals surface area contributed by atoms with E-state index >= 15 is 0 Å². The van der Waals surface area contributed by atoms with Crippen LogP contribution in [-0.4, -0.2) is 18.3 Å². The Morgan fingerprint density at radius 3 is 2.56 bits per heavy atom. The molecular weight excluding hydrogens is 214 g/mol. The number of rotatable bonds is 6. The molecule has 0 unspecified atom stereocenters. The van der Waals surface area contributed by atoms with Crippen LogP contribution in [0.15, 0.2) is 23.1 Å². The Labute approximate surface area is 104 Å². The lowest BCUT2D eigenvalue weighted by atomic mass is 10.1. The van der Waals surface area contributed by atoms with Gasteiger partial charge in [-0.05, 0) is 55.8 Å². The fourth-order valence-electron chi connectivity index (χ4n) is 1.46. The molecule has 1 nitrogen and oxygen atoms in total. The molecule has 0 aromatic heterocycles. The van der Waals surface area contributed by atoms with Crippen molar-refractivity contribution >= 4 is 11.8 Å². The molecule has 0 atom stereocenters. The molecule has 0 bridgehead atoms. The maximum Gasteiger partial charge on any atom is 0.00747 e. The monoisotopic (exact) mass is 237 g/mol. The van der Waals surface area contributed by atoms with Gasteiger partial charge in [0.1, 0.15) is 0 Å². The minimum atomic E-state index is 0.603. The zero-order valence-corrected chi connectivity index (χ0v) is 11.7. The molecule has 0 spiro atoms. The van der Waals surface area contributed by atoms with Crippen molar-refractivity contribution in [3.05, 3.63) is 29.3 Å². The minimum absolute atomic E-state index is 0.603. The maximum atomic E-state index is 3.44. The smallest absolute Gasteiger partial charge is 0.00747 e. The van der Waals surface area contributed by atoms with E-state index in [2.05, 4.69) is 51.2 Å². The van der Waals surface area contributed by atoms with Crippen LogP contribution >= 0.6 is 11.8 Å². The van der Waals surface area contributed by atoms with Gasteiger partial charge in [-0.1, -0.05) is 19.9 Å². The molecule has 2 heteroatoms. The average molecular weight is 237 g/mol. The molecule has 0 fully saturated rings. The second-order valence-corrected chi connectivity index (χ2v) is 5.73. The highest BCUT2D eigenvalue weighted by Gasteiger charge is 1.97. The normalized spacial score (nSPS) is 11.1. The quantitative estimate of drug-likeness (QED) is 0.597. The molecule has 0 heterocycles. The lowest BCUT2D eigenvalue weighted by Crippen LogP contribution is -2.23. The molecule has 0 aliphatic heterocycles. The predicted octanol–water partition coefficient (Wildman–Crippen LogP) is 3.78. The van der Waals surface area contributed by atoms with E-state index in [0.717, 1.165) is 6.54 Å². The highest BCUT2D eigenvalue weighted by Crippen LogP contribution is 2.21. The van der Waals surface area contributed by atoms with Gasteiger partial charge in [-0.3, -0.25) is 0 Å². The van der Waals surface area contributed by atoms with Crippen LogP contribution in [0.1, 0.15) is 31.4 Å². The highest BCUT2D eigenvalue weighted by molar-refractivity contribution is 7.99. The Morgan fingerprint density at radius 2 is 1.94 bits per heavy atom. The topological polar surface area (TPSA) is 12.0 Å². The molecule has 1 N–H and O–H groups in total. The molecule has 0 amide bonds. The third kappa shape index (κ3) is 5.04. The molecule has 1 aromatic rings. The summed E-state index contributed by atoms with van der Waals surface area (Å²) in [7, 11) is 0. The molecular formula is C14H23NS. The summed E-state index contributed by atoms with van der Waals surface area (Å²) in [5.41, 5.74) is 2.77. The van der Waals surface area contributed by atoms with Crippen molar-refractivity contribution in [1.82, 2.24) is 5.32 Å². The molecule has 0 aliphatic rings. The van der Waals surface area contributed by atoms with E-state index in [1.54, 1.807) is 0 Å².